The first-order valence-electron chi connectivity index (χ1n) is 2.87. The van der Waals surface area contributed by atoms with Crippen LogP contribution in [0.25, 0.3) is 0 Å². The van der Waals surface area contributed by atoms with Crippen LogP contribution in [-0.2, 0) is 9.36 Å². The minimum Gasteiger partial charge on any atom is -0.478 e. The molecule has 0 aliphatic carbocycles. The molecule has 0 saturated heterocycles. The van der Waals surface area contributed by atoms with Crippen LogP contribution < -0.4 is 0 Å². The molecule has 3 N–H and O–H groups in total. The topological polar surface area (TPSA) is 94.8 Å². The molecule has 0 unspecified atom stereocenters. The second-order valence-corrected chi connectivity index (χ2v) is 3.53. The van der Waals surface area contributed by atoms with E-state index in [1.54, 1.807) is 0 Å². The van der Waals surface area contributed by atoms with Crippen molar-refractivity contribution in [1.29, 1.82) is 0 Å². The van der Waals surface area contributed by atoms with E-state index in [2.05, 4.69) is 0 Å². The molecular weight excluding hydrogens is 171 g/mol. The second kappa shape index (κ2) is 3.67. The van der Waals surface area contributed by atoms with Gasteiger partial charge in [0.15, 0.2) is 0 Å². The molecule has 64 valence electrons. The zero-order chi connectivity index (χ0) is 9.07. The fourth-order valence-electron chi connectivity index (χ4n) is 0.535. The van der Waals surface area contributed by atoms with Gasteiger partial charge in [-0.05, 0) is 6.42 Å². The van der Waals surface area contributed by atoms with Crippen LogP contribution in [0.2, 0.25) is 0 Å². The first kappa shape index (κ1) is 10.4. The number of rotatable bonds is 3. The van der Waals surface area contributed by atoms with Crippen molar-refractivity contribution >= 4 is 13.6 Å². The molecule has 0 aliphatic heterocycles. The van der Waals surface area contributed by atoms with Crippen molar-refractivity contribution in [2.24, 2.45) is 0 Å². The number of hydrogen-bond acceptors (Lipinski definition) is 2. The van der Waals surface area contributed by atoms with Crippen LogP contribution >= 0.6 is 7.60 Å². The third-order valence-corrected chi connectivity index (χ3v) is 2.22. The lowest BCUT2D eigenvalue weighted by Gasteiger charge is -2.04. The van der Waals surface area contributed by atoms with Gasteiger partial charge in [0.1, 0.15) is 0 Å². The molecule has 0 spiro atoms. The average Bonchev–Trinajstić information content (AvgIpc) is 1.79. The summed E-state index contributed by atoms with van der Waals surface area (Å²) >= 11 is 0. The van der Waals surface area contributed by atoms with Gasteiger partial charge in [-0.3, -0.25) is 4.57 Å². The smallest absolute Gasteiger partial charge is 0.352 e. The number of carboxylic acids is 1. The molecule has 0 fully saturated rings. The van der Waals surface area contributed by atoms with Crippen LogP contribution in [0.3, 0.4) is 0 Å². The summed E-state index contributed by atoms with van der Waals surface area (Å²) in [5.74, 6) is -1.34. The van der Waals surface area contributed by atoms with E-state index in [1.165, 1.54) is 6.92 Å². The summed E-state index contributed by atoms with van der Waals surface area (Å²) in [7, 11) is -4.35. The molecule has 0 bridgehead atoms. The number of aliphatic carboxylic acids is 1. The van der Waals surface area contributed by atoms with Crippen LogP contribution in [0, 0.1) is 0 Å². The molecule has 0 aliphatic rings. The molecule has 0 atom stereocenters. The second-order valence-electron chi connectivity index (χ2n) is 1.87. The van der Waals surface area contributed by atoms with Gasteiger partial charge in [-0.2, -0.15) is 0 Å². The number of hydrogen-bond donors (Lipinski definition) is 3. The summed E-state index contributed by atoms with van der Waals surface area (Å²) in [6.07, 6.45) is 0.581. The fourth-order valence-corrected chi connectivity index (χ4v) is 1.23. The predicted octanol–water partition coefficient (Wildman–Crippen LogP) is 0.543. The molecule has 5 nitrogen and oxygen atoms in total. The number of allylic oxidation sites excluding steroid dienone is 1. The van der Waals surface area contributed by atoms with Crippen molar-refractivity contribution in [3.05, 3.63) is 11.4 Å². The van der Waals surface area contributed by atoms with Gasteiger partial charge in [-0.15, -0.1) is 0 Å². The van der Waals surface area contributed by atoms with Gasteiger partial charge in [-0.25, -0.2) is 4.79 Å². The maximum atomic E-state index is 10.5. The minimum absolute atomic E-state index is 0.0383. The van der Waals surface area contributed by atoms with Gasteiger partial charge in [-0.1, -0.05) is 6.92 Å². The Morgan fingerprint density at radius 3 is 2.09 bits per heavy atom. The summed E-state index contributed by atoms with van der Waals surface area (Å²) in [4.78, 5) is 27.0. The van der Waals surface area contributed by atoms with Crippen molar-refractivity contribution < 1.29 is 24.3 Å². The maximum Gasteiger partial charge on any atom is 0.352 e. The highest BCUT2D eigenvalue weighted by atomic mass is 31.2. The van der Waals surface area contributed by atoms with E-state index in [1.807, 2.05) is 0 Å². The fraction of sp³-hybridized carbons (Fsp3) is 0.400. The van der Waals surface area contributed by atoms with Crippen molar-refractivity contribution in [3.63, 3.8) is 0 Å². The number of carbonyl (C=O) groups is 1. The van der Waals surface area contributed by atoms with Crippen LogP contribution in [0.5, 0.6) is 0 Å². The van der Waals surface area contributed by atoms with Crippen molar-refractivity contribution in [3.8, 4) is 0 Å². The van der Waals surface area contributed by atoms with Gasteiger partial charge < -0.3 is 14.9 Å². The van der Waals surface area contributed by atoms with Crippen LogP contribution in [0.15, 0.2) is 11.4 Å². The van der Waals surface area contributed by atoms with Gasteiger partial charge in [0, 0.05) is 11.4 Å². The molecule has 0 saturated carbocycles. The zero-order valence-corrected chi connectivity index (χ0v) is 6.78. The molecule has 0 aromatic carbocycles. The molecule has 0 aromatic heterocycles. The van der Waals surface area contributed by atoms with Gasteiger partial charge >= 0.3 is 13.6 Å². The Morgan fingerprint density at radius 1 is 1.55 bits per heavy atom. The molecule has 0 amide bonds. The van der Waals surface area contributed by atoms with Gasteiger partial charge in [0.25, 0.3) is 0 Å². The lowest BCUT2D eigenvalue weighted by atomic mass is 10.4. The Labute approximate surface area is 63.5 Å². The van der Waals surface area contributed by atoms with Gasteiger partial charge in [0.2, 0.25) is 0 Å². The molecule has 6 heteroatoms. The van der Waals surface area contributed by atoms with Crippen LogP contribution in [0.1, 0.15) is 13.3 Å². The van der Waals surface area contributed by atoms with E-state index >= 15 is 0 Å². The summed E-state index contributed by atoms with van der Waals surface area (Å²) in [5.41, 5.74) is 0. The summed E-state index contributed by atoms with van der Waals surface area (Å²) in [5, 5.41) is 7.80. The lowest BCUT2D eigenvalue weighted by Crippen LogP contribution is -1.92. The summed E-state index contributed by atoms with van der Waals surface area (Å²) in [6.45, 7) is 1.48. The van der Waals surface area contributed by atoms with Crippen molar-refractivity contribution in [2.75, 3.05) is 0 Å². The molecule has 11 heavy (non-hydrogen) atoms. The largest absolute Gasteiger partial charge is 0.478 e. The first-order chi connectivity index (χ1) is 4.88. The third-order valence-electron chi connectivity index (χ3n) is 1.03. The molecule has 0 aromatic rings. The van der Waals surface area contributed by atoms with E-state index in [9.17, 15) is 9.36 Å². The highest BCUT2D eigenvalue weighted by molar-refractivity contribution is 7.56. The SMILES string of the molecule is CC/C(=C/C(=O)O)P(=O)(O)O. The Hall–Kier alpha value is -0.640. The summed E-state index contributed by atoms with van der Waals surface area (Å²) < 4.78 is 10.5. The van der Waals surface area contributed by atoms with E-state index in [0.717, 1.165) is 0 Å². The first-order valence-corrected chi connectivity index (χ1v) is 4.48. The van der Waals surface area contributed by atoms with E-state index in [-0.39, 0.29) is 11.7 Å². The lowest BCUT2D eigenvalue weighted by molar-refractivity contribution is -0.131. The van der Waals surface area contributed by atoms with E-state index < -0.39 is 13.6 Å². The van der Waals surface area contributed by atoms with Crippen LogP contribution in [-0.4, -0.2) is 20.9 Å². The predicted molar refractivity (Wildman–Crippen MR) is 38.1 cm³/mol. The monoisotopic (exact) mass is 180 g/mol. The third kappa shape index (κ3) is 3.93. The maximum absolute atomic E-state index is 10.5. The van der Waals surface area contributed by atoms with E-state index in [0.29, 0.717) is 6.08 Å². The van der Waals surface area contributed by atoms with E-state index in [4.69, 9.17) is 14.9 Å². The Kier molecular flexibility index (Phi) is 3.45. The van der Waals surface area contributed by atoms with Crippen LogP contribution in [0.4, 0.5) is 0 Å². The Balaban J connectivity index is 4.69. The average molecular weight is 180 g/mol. The normalized spacial score (nSPS) is 13.2. The molecule has 0 heterocycles. The highest BCUT2D eigenvalue weighted by Crippen LogP contribution is 2.46. The molecular formula is C5H9O5P. The zero-order valence-electron chi connectivity index (χ0n) is 5.89. The Bertz CT molecular complexity index is 225. The molecule has 0 radical (unpaired) electrons. The quantitative estimate of drug-likeness (QED) is 0.435. The minimum atomic E-state index is -4.35. The Morgan fingerprint density at radius 2 is 2.00 bits per heavy atom. The number of carboxylic acid groups (broad SMARTS) is 1. The highest BCUT2D eigenvalue weighted by Gasteiger charge is 2.19. The summed E-state index contributed by atoms with van der Waals surface area (Å²) in [6, 6.07) is 0. The standard InChI is InChI=1S/C5H9O5P/c1-2-4(3-5(6)7)11(8,9)10/h3H,2H2,1H3,(H,6,7)(H2,8,9,10)/b4-3-. The van der Waals surface area contributed by atoms with Crippen molar-refractivity contribution in [2.45, 2.75) is 13.3 Å². The van der Waals surface area contributed by atoms with Gasteiger partial charge in [0.05, 0.1) is 0 Å². The molecule has 0 rings (SSSR count). The van der Waals surface area contributed by atoms with Crippen molar-refractivity contribution in [1.82, 2.24) is 0 Å².